The van der Waals surface area contributed by atoms with Crippen LogP contribution in [0.25, 0.3) is 0 Å². The molecule has 0 fully saturated rings. The van der Waals surface area contributed by atoms with E-state index in [1.807, 2.05) is 0 Å². The number of carbonyl (C=O) groups is 2. The van der Waals surface area contributed by atoms with Crippen molar-refractivity contribution in [1.29, 1.82) is 0 Å². The van der Waals surface area contributed by atoms with E-state index in [0.29, 0.717) is 5.71 Å². The number of hydrazone groups is 1. The molecular formula is C10H12N4O2. The van der Waals surface area contributed by atoms with Crippen molar-refractivity contribution in [1.82, 2.24) is 10.4 Å². The molecule has 1 heterocycles. The summed E-state index contributed by atoms with van der Waals surface area (Å²) in [6.07, 6.45) is 2.88. The van der Waals surface area contributed by atoms with Gasteiger partial charge in [0, 0.05) is 18.0 Å². The molecule has 0 unspecified atom stereocenters. The average Bonchev–Trinajstić information content (AvgIpc) is 2.26. The van der Waals surface area contributed by atoms with Gasteiger partial charge in [-0.05, 0) is 19.1 Å². The molecule has 3 N–H and O–H groups in total. The minimum atomic E-state index is -0.686. The van der Waals surface area contributed by atoms with Crippen LogP contribution in [0.2, 0.25) is 0 Å². The maximum atomic E-state index is 11.1. The molecule has 0 spiro atoms. The zero-order valence-electron chi connectivity index (χ0n) is 8.80. The fraction of sp³-hybridized carbons (Fsp3) is 0.200. The Balaban J connectivity index is 2.58. The third-order valence-corrected chi connectivity index (χ3v) is 1.78. The third-order valence-electron chi connectivity index (χ3n) is 1.78. The summed E-state index contributed by atoms with van der Waals surface area (Å²) >= 11 is 0. The van der Waals surface area contributed by atoms with Crippen molar-refractivity contribution in [3.8, 4) is 0 Å². The van der Waals surface area contributed by atoms with Crippen LogP contribution in [-0.4, -0.2) is 22.5 Å². The lowest BCUT2D eigenvalue weighted by molar-refractivity contribution is -0.127. The molecular weight excluding hydrogens is 208 g/mol. The van der Waals surface area contributed by atoms with Crippen LogP contribution in [0.15, 0.2) is 29.6 Å². The lowest BCUT2D eigenvalue weighted by Crippen LogP contribution is -2.25. The van der Waals surface area contributed by atoms with E-state index in [4.69, 9.17) is 5.73 Å². The highest BCUT2D eigenvalue weighted by Gasteiger charge is 2.04. The van der Waals surface area contributed by atoms with E-state index in [-0.39, 0.29) is 6.42 Å². The summed E-state index contributed by atoms with van der Waals surface area (Å²) in [5, 5.41) is 3.83. The quantitative estimate of drug-likeness (QED) is 0.417. The third kappa shape index (κ3) is 3.87. The molecule has 0 bridgehead atoms. The van der Waals surface area contributed by atoms with Gasteiger partial charge in [0.15, 0.2) is 0 Å². The van der Waals surface area contributed by atoms with Crippen LogP contribution in [0.1, 0.15) is 18.9 Å². The SMILES string of the molecule is CC(=NNC(=O)CC(N)=O)c1ccncc1. The summed E-state index contributed by atoms with van der Waals surface area (Å²) in [6.45, 7) is 1.74. The molecule has 0 saturated carbocycles. The number of hydrogen-bond acceptors (Lipinski definition) is 4. The van der Waals surface area contributed by atoms with E-state index >= 15 is 0 Å². The predicted molar refractivity (Wildman–Crippen MR) is 58.4 cm³/mol. The molecule has 16 heavy (non-hydrogen) atoms. The highest BCUT2D eigenvalue weighted by Crippen LogP contribution is 1.97. The highest BCUT2D eigenvalue weighted by atomic mass is 16.2. The molecule has 6 nitrogen and oxygen atoms in total. The summed E-state index contributed by atoms with van der Waals surface area (Å²) < 4.78 is 0. The van der Waals surface area contributed by atoms with Crippen molar-refractivity contribution in [2.75, 3.05) is 0 Å². The maximum Gasteiger partial charge on any atom is 0.249 e. The van der Waals surface area contributed by atoms with Crippen molar-refractivity contribution >= 4 is 17.5 Å². The van der Waals surface area contributed by atoms with Gasteiger partial charge in [0.2, 0.25) is 11.8 Å². The van der Waals surface area contributed by atoms with E-state index in [2.05, 4.69) is 15.5 Å². The van der Waals surface area contributed by atoms with Gasteiger partial charge in [0.05, 0.1) is 5.71 Å². The maximum absolute atomic E-state index is 11.1. The Bertz CT molecular complexity index is 414. The lowest BCUT2D eigenvalue weighted by Gasteiger charge is -2.00. The second-order valence-electron chi connectivity index (χ2n) is 3.11. The topological polar surface area (TPSA) is 97.4 Å². The molecule has 0 radical (unpaired) electrons. The van der Waals surface area contributed by atoms with E-state index < -0.39 is 11.8 Å². The molecule has 0 atom stereocenters. The van der Waals surface area contributed by atoms with Gasteiger partial charge >= 0.3 is 0 Å². The zero-order chi connectivity index (χ0) is 12.0. The number of aromatic nitrogens is 1. The second-order valence-corrected chi connectivity index (χ2v) is 3.11. The van der Waals surface area contributed by atoms with Gasteiger partial charge in [-0.1, -0.05) is 0 Å². The first-order valence-corrected chi connectivity index (χ1v) is 4.61. The van der Waals surface area contributed by atoms with Crippen LogP contribution >= 0.6 is 0 Å². The Kier molecular flexibility index (Phi) is 4.14. The van der Waals surface area contributed by atoms with E-state index in [1.165, 1.54) is 0 Å². The van der Waals surface area contributed by atoms with Crippen LogP contribution in [0, 0.1) is 0 Å². The Morgan fingerprint density at radius 1 is 1.44 bits per heavy atom. The molecule has 84 valence electrons. The van der Waals surface area contributed by atoms with Crippen LogP contribution in [0.5, 0.6) is 0 Å². The minimum absolute atomic E-state index is 0.368. The number of hydrogen-bond donors (Lipinski definition) is 2. The summed E-state index contributed by atoms with van der Waals surface area (Å²) in [7, 11) is 0. The summed E-state index contributed by atoms with van der Waals surface area (Å²) in [6, 6.07) is 3.53. The molecule has 2 amide bonds. The van der Waals surface area contributed by atoms with Crippen molar-refractivity contribution in [3.63, 3.8) is 0 Å². The fourth-order valence-corrected chi connectivity index (χ4v) is 1.00. The van der Waals surface area contributed by atoms with Gasteiger partial charge in [0.1, 0.15) is 6.42 Å². The number of nitrogens with one attached hydrogen (secondary N) is 1. The van der Waals surface area contributed by atoms with Gasteiger partial charge in [-0.2, -0.15) is 5.10 Å². The summed E-state index contributed by atoms with van der Waals surface area (Å²) in [5.74, 6) is -1.21. The van der Waals surface area contributed by atoms with Gasteiger partial charge in [0.25, 0.3) is 0 Å². The molecule has 0 aliphatic heterocycles. The van der Waals surface area contributed by atoms with Crippen LogP contribution in [-0.2, 0) is 9.59 Å². The number of primary amides is 1. The number of nitrogens with two attached hydrogens (primary N) is 1. The summed E-state index contributed by atoms with van der Waals surface area (Å²) in [4.78, 5) is 25.3. The number of carbonyl (C=O) groups excluding carboxylic acids is 2. The molecule has 1 rings (SSSR count). The first-order valence-electron chi connectivity index (χ1n) is 4.61. The average molecular weight is 220 g/mol. The van der Waals surface area contributed by atoms with E-state index in [9.17, 15) is 9.59 Å². The van der Waals surface area contributed by atoms with Crippen LogP contribution in [0.3, 0.4) is 0 Å². The first-order chi connectivity index (χ1) is 7.59. The molecule has 1 aromatic rings. The molecule has 0 aliphatic rings. The standard InChI is InChI=1S/C10H12N4O2/c1-7(8-2-4-12-5-3-8)13-14-10(16)6-9(11)15/h2-5H,6H2,1H3,(H2,11,15)(H,14,16). The smallest absolute Gasteiger partial charge is 0.249 e. The monoisotopic (exact) mass is 220 g/mol. The predicted octanol–water partition coefficient (Wildman–Crippen LogP) is -0.203. The highest BCUT2D eigenvalue weighted by molar-refractivity contribution is 6.00. The lowest BCUT2D eigenvalue weighted by atomic mass is 10.2. The Morgan fingerprint density at radius 2 is 2.06 bits per heavy atom. The number of rotatable bonds is 4. The van der Waals surface area contributed by atoms with Gasteiger partial charge in [-0.3, -0.25) is 14.6 Å². The van der Waals surface area contributed by atoms with Gasteiger partial charge in [-0.25, -0.2) is 5.43 Å². The molecule has 0 aliphatic carbocycles. The molecule has 6 heteroatoms. The van der Waals surface area contributed by atoms with Crippen molar-refractivity contribution < 1.29 is 9.59 Å². The van der Waals surface area contributed by atoms with Crippen molar-refractivity contribution in [3.05, 3.63) is 30.1 Å². The normalized spacial score (nSPS) is 10.9. The van der Waals surface area contributed by atoms with Gasteiger partial charge in [-0.15, -0.1) is 0 Å². The summed E-state index contributed by atoms with van der Waals surface area (Å²) in [5.41, 5.74) is 8.56. The largest absolute Gasteiger partial charge is 0.369 e. The van der Waals surface area contributed by atoms with E-state index in [1.54, 1.807) is 31.5 Å². The van der Waals surface area contributed by atoms with Crippen molar-refractivity contribution in [2.24, 2.45) is 10.8 Å². The van der Waals surface area contributed by atoms with Crippen LogP contribution in [0.4, 0.5) is 0 Å². The number of pyridine rings is 1. The number of nitrogens with zero attached hydrogens (tertiary/aromatic N) is 2. The molecule has 1 aromatic heterocycles. The molecule has 0 aromatic carbocycles. The van der Waals surface area contributed by atoms with Crippen molar-refractivity contribution in [2.45, 2.75) is 13.3 Å². The zero-order valence-corrected chi connectivity index (χ0v) is 8.80. The second kappa shape index (κ2) is 5.59. The van der Waals surface area contributed by atoms with Gasteiger partial charge < -0.3 is 5.73 Å². The Morgan fingerprint density at radius 3 is 2.62 bits per heavy atom. The Hall–Kier alpha value is -2.24. The van der Waals surface area contributed by atoms with E-state index in [0.717, 1.165) is 5.56 Å². The Labute approximate surface area is 92.6 Å². The number of amides is 2. The first kappa shape index (κ1) is 11.8. The molecule has 0 saturated heterocycles. The van der Waals surface area contributed by atoms with Crippen LogP contribution < -0.4 is 11.2 Å². The minimum Gasteiger partial charge on any atom is -0.369 e. The fourth-order valence-electron chi connectivity index (χ4n) is 1.00.